The lowest BCUT2D eigenvalue weighted by Crippen LogP contribution is -2.69. The minimum absolute atomic E-state index is 0.0834. The van der Waals surface area contributed by atoms with Crippen molar-refractivity contribution < 1.29 is 37.3 Å². The lowest BCUT2D eigenvalue weighted by Gasteiger charge is -2.43. The van der Waals surface area contributed by atoms with Gasteiger partial charge in [-0.2, -0.15) is 22.0 Å². The molecule has 0 aromatic carbocycles. The van der Waals surface area contributed by atoms with Crippen molar-refractivity contribution in [3.63, 3.8) is 0 Å². The minimum Gasteiger partial charge on any atom is -0.383 e. The number of aliphatic hydroxyl groups is 3. The highest BCUT2D eigenvalue weighted by molar-refractivity contribution is 5.22. The second kappa shape index (κ2) is 3.43. The molecular weight excluding hydrogens is 263 g/mol. The van der Waals surface area contributed by atoms with Gasteiger partial charge in [-0.25, -0.2) is 0 Å². The number of halogens is 5. The fraction of sp³-hybridized carbons (Fsp3) is 0.800. The summed E-state index contributed by atoms with van der Waals surface area (Å²) in [5, 5.41) is 27.2. The summed E-state index contributed by atoms with van der Waals surface area (Å²) >= 11 is 0. The average molecular weight is 274 g/mol. The Kier molecular flexibility index (Phi) is 2.61. The van der Waals surface area contributed by atoms with Crippen molar-refractivity contribution in [3.8, 4) is 0 Å². The molecule has 2 bridgehead atoms. The largest absolute Gasteiger partial charge is 0.449 e. The summed E-state index contributed by atoms with van der Waals surface area (Å²) in [6.45, 7) is 0. The smallest absolute Gasteiger partial charge is 0.383 e. The molecule has 0 aromatic rings. The Hall–Kier alpha value is -0.730. The number of allylic oxidation sites excluding steroid dienone is 1. The molecule has 1 saturated carbocycles. The molecule has 0 radical (unpaired) electrons. The molecule has 8 heteroatoms. The molecule has 2 rings (SSSR count). The molecule has 3 unspecified atom stereocenters. The van der Waals surface area contributed by atoms with Gasteiger partial charge in [0.25, 0.3) is 0 Å². The Bertz CT molecular complexity index is 389. The van der Waals surface area contributed by atoms with Crippen LogP contribution in [0.3, 0.4) is 0 Å². The zero-order valence-corrected chi connectivity index (χ0v) is 8.96. The summed E-state index contributed by atoms with van der Waals surface area (Å²) in [6.07, 6.45) is -3.79. The van der Waals surface area contributed by atoms with Crippen molar-refractivity contribution in [2.75, 3.05) is 0 Å². The summed E-state index contributed by atoms with van der Waals surface area (Å²) in [7, 11) is 0. The van der Waals surface area contributed by atoms with E-state index in [2.05, 4.69) is 0 Å². The van der Waals surface area contributed by atoms with Crippen LogP contribution >= 0.6 is 0 Å². The Morgan fingerprint density at radius 1 is 1.06 bits per heavy atom. The van der Waals surface area contributed by atoms with Gasteiger partial charge < -0.3 is 15.3 Å². The fourth-order valence-electron chi connectivity index (χ4n) is 2.67. The van der Waals surface area contributed by atoms with E-state index in [-0.39, 0.29) is 6.42 Å². The zero-order valence-electron chi connectivity index (χ0n) is 8.96. The molecule has 0 spiro atoms. The highest BCUT2D eigenvalue weighted by Crippen LogP contribution is 2.57. The monoisotopic (exact) mass is 274 g/mol. The third-order valence-electron chi connectivity index (χ3n) is 3.74. The van der Waals surface area contributed by atoms with E-state index in [0.29, 0.717) is 0 Å². The van der Waals surface area contributed by atoms with Crippen molar-refractivity contribution >= 4 is 0 Å². The fourth-order valence-corrected chi connectivity index (χ4v) is 2.67. The first kappa shape index (κ1) is 13.7. The van der Waals surface area contributed by atoms with Gasteiger partial charge in [-0.1, -0.05) is 12.2 Å². The first-order valence-corrected chi connectivity index (χ1v) is 5.23. The second-order valence-corrected chi connectivity index (χ2v) is 4.86. The topological polar surface area (TPSA) is 60.7 Å². The first-order valence-electron chi connectivity index (χ1n) is 5.23. The van der Waals surface area contributed by atoms with Gasteiger partial charge in [-0.05, 0) is 18.8 Å². The van der Waals surface area contributed by atoms with Gasteiger partial charge in [0, 0.05) is 5.92 Å². The van der Waals surface area contributed by atoms with E-state index in [0.717, 1.165) is 0 Å². The number of rotatable bonds is 2. The highest BCUT2D eigenvalue weighted by atomic mass is 19.4. The number of alkyl halides is 5. The Balaban J connectivity index is 2.40. The van der Waals surface area contributed by atoms with E-state index in [1.165, 1.54) is 12.2 Å². The van der Waals surface area contributed by atoms with Gasteiger partial charge in [-0.3, -0.25) is 0 Å². The molecule has 1 fully saturated rings. The van der Waals surface area contributed by atoms with Crippen LogP contribution < -0.4 is 0 Å². The molecular formula is C10H11F5O3. The molecule has 2 aliphatic rings. The molecule has 104 valence electrons. The third-order valence-corrected chi connectivity index (χ3v) is 3.74. The van der Waals surface area contributed by atoms with E-state index in [1.54, 1.807) is 0 Å². The van der Waals surface area contributed by atoms with E-state index >= 15 is 0 Å². The average Bonchev–Trinajstić information content (AvgIpc) is 2.75. The lowest BCUT2D eigenvalue weighted by atomic mass is 9.78. The summed E-state index contributed by atoms with van der Waals surface area (Å²) in [6, 6.07) is 0. The Morgan fingerprint density at radius 2 is 1.61 bits per heavy atom. The van der Waals surface area contributed by atoms with E-state index in [9.17, 15) is 27.1 Å². The minimum atomic E-state index is -5.96. The molecule has 0 saturated heterocycles. The first-order chi connectivity index (χ1) is 7.93. The lowest BCUT2D eigenvalue weighted by molar-refractivity contribution is -0.444. The van der Waals surface area contributed by atoms with Crippen LogP contribution in [0, 0.1) is 11.8 Å². The summed E-state index contributed by atoms with van der Waals surface area (Å²) in [5.41, 5.74) is -3.09. The SMILES string of the molecule is OC1(C(F)(F)C(O)(O)C(F)(F)F)CC2C=CC1C2. The Labute approximate surface area is 98.5 Å². The summed E-state index contributed by atoms with van der Waals surface area (Å²) in [4.78, 5) is 0. The van der Waals surface area contributed by atoms with E-state index in [4.69, 9.17) is 10.2 Å². The van der Waals surface area contributed by atoms with Crippen LogP contribution in [0.1, 0.15) is 12.8 Å². The maximum absolute atomic E-state index is 13.7. The molecule has 0 heterocycles. The highest BCUT2D eigenvalue weighted by Gasteiger charge is 2.78. The van der Waals surface area contributed by atoms with Crippen molar-refractivity contribution in [1.82, 2.24) is 0 Å². The quantitative estimate of drug-likeness (QED) is 0.403. The molecule has 3 N–H and O–H groups in total. The van der Waals surface area contributed by atoms with E-state index in [1.807, 2.05) is 0 Å². The van der Waals surface area contributed by atoms with Gasteiger partial charge in [0.1, 0.15) is 5.60 Å². The van der Waals surface area contributed by atoms with Crippen LogP contribution in [0.25, 0.3) is 0 Å². The van der Waals surface area contributed by atoms with Crippen LogP contribution in [-0.4, -0.2) is 38.8 Å². The molecule has 0 aliphatic heterocycles. The van der Waals surface area contributed by atoms with E-state index < -0.39 is 41.7 Å². The molecule has 3 atom stereocenters. The molecule has 0 aromatic heterocycles. The van der Waals surface area contributed by atoms with Crippen molar-refractivity contribution in [2.24, 2.45) is 11.8 Å². The Morgan fingerprint density at radius 3 is 1.94 bits per heavy atom. The number of hydrogen-bond donors (Lipinski definition) is 3. The van der Waals surface area contributed by atoms with Gasteiger partial charge >= 0.3 is 17.9 Å². The molecule has 18 heavy (non-hydrogen) atoms. The van der Waals surface area contributed by atoms with Crippen molar-refractivity contribution in [3.05, 3.63) is 12.2 Å². The van der Waals surface area contributed by atoms with Crippen LogP contribution in [0.4, 0.5) is 22.0 Å². The van der Waals surface area contributed by atoms with Crippen LogP contribution in [0.2, 0.25) is 0 Å². The van der Waals surface area contributed by atoms with Gasteiger partial charge in [0.15, 0.2) is 0 Å². The predicted molar refractivity (Wildman–Crippen MR) is 48.5 cm³/mol. The maximum atomic E-state index is 13.7. The van der Waals surface area contributed by atoms with Gasteiger partial charge in [-0.15, -0.1) is 0 Å². The predicted octanol–water partition coefficient (Wildman–Crippen LogP) is 1.19. The standard InChI is InChI=1S/C10H11F5O3/c11-8(12,9(17,18)10(13,14)15)7(16)4-5-1-2-6(7)3-5/h1-2,5-6,16-18H,3-4H2. The summed E-state index contributed by atoms with van der Waals surface area (Å²) < 4.78 is 64.3. The van der Waals surface area contributed by atoms with Gasteiger partial charge in [0.05, 0.1) is 0 Å². The second-order valence-electron chi connectivity index (χ2n) is 4.86. The maximum Gasteiger partial charge on any atom is 0.449 e. The molecule has 2 aliphatic carbocycles. The molecule has 0 amide bonds. The number of hydrogen-bond acceptors (Lipinski definition) is 3. The zero-order chi connectivity index (χ0) is 14.0. The number of fused-ring (bicyclic) bond motifs is 2. The summed E-state index contributed by atoms with van der Waals surface area (Å²) in [5.74, 6) is -12.0. The van der Waals surface area contributed by atoms with Crippen molar-refractivity contribution in [1.29, 1.82) is 0 Å². The molecule has 3 nitrogen and oxygen atoms in total. The van der Waals surface area contributed by atoms with Gasteiger partial charge in [0.2, 0.25) is 0 Å². The normalized spacial score (nSPS) is 36.4. The van der Waals surface area contributed by atoms with Crippen LogP contribution in [-0.2, 0) is 0 Å². The van der Waals surface area contributed by atoms with Crippen molar-refractivity contribution in [2.45, 2.75) is 36.3 Å². The van der Waals surface area contributed by atoms with Crippen LogP contribution in [0.5, 0.6) is 0 Å². The van der Waals surface area contributed by atoms with Crippen LogP contribution in [0.15, 0.2) is 12.2 Å². The third kappa shape index (κ3) is 1.45.